The van der Waals surface area contributed by atoms with E-state index >= 15 is 0 Å². The summed E-state index contributed by atoms with van der Waals surface area (Å²) in [5.74, 6) is 0. The molecular weight excluding hydrogens is 278 g/mol. The van der Waals surface area contributed by atoms with E-state index in [1.165, 1.54) is 12.1 Å². The molecule has 0 amide bonds. The van der Waals surface area contributed by atoms with Crippen LogP contribution >= 0.6 is 11.6 Å². The highest BCUT2D eigenvalue weighted by molar-refractivity contribution is 6.30. The molecule has 1 aromatic carbocycles. The summed E-state index contributed by atoms with van der Waals surface area (Å²) in [7, 11) is 0. The van der Waals surface area contributed by atoms with Crippen LogP contribution in [0.3, 0.4) is 0 Å². The Bertz CT molecular complexity index is 590. The minimum absolute atomic E-state index is 0.0864. The fraction of sp³-hybridized carbons (Fsp3) is 0.214. The largest absolute Gasteiger partial charge is 0.312 e. The molecule has 0 radical (unpaired) electrons. The third-order valence-corrected chi connectivity index (χ3v) is 3.10. The molecule has 6 heteroatoms. The lowest BCUT2D eigenvalue weighted by Gasteiger charge is -2.06. The van der Waals surface area contributed by atoms with Gasteiger partial charge in [-0.3, -0.25) is 15.1 Å². The van der Waals surface area contributed by atoms with Crippen LogP contribution in [0.15, 0.2) is 42.7 Å². The number of rotatable bonds is 6. The number of halogens is 1. The van der Waals surface area contributed by atoms with Gasteiger partial charge >= 0.3 is 0 Å². The van der Waals surface area contributed by atoms with Crippen LogP contribution in [0.5, 0.6) is 0 Å². The number of hydrogen-bond acceptors (Lipinski definition) is 4. The highest BCUT2D eigenvalue weighted by atomic mass is 35.5. The number of benzene rings is 1. The monoisotopic (exact) mass is 291 g/mol. The van der Waals surface area contributed by atoms with Crippen LogP contribution in [-0.2, 0) is 13.0 Å². The average Bonchev–Trinajstić information content (AvgIpc) is 2.44. The van der Waals surface area contributed by atoms with E-state index in [0.717, 1.165) is 18.5 Å². The summed E-state index contributed by atoms with van der Waals surface area (Å²) in [5.41, 5.74) is 1.80. The van der Waals surface area contributed by atoms with Crippen LogP contribution in [0.2, 0.25) is 5.02 Å². The van der Waals surface area contributed by atoms with Gasteiger partial charge in [-0.1, -0.05) is 17.7 Å². The van der Waals surface area contributed by atoms with Gasteiger partial charge in [0, 0.05) is 35.6 Å². The molecule has 0 spiro atoms. The van der Waals surface area contributed by atoms with E-state index in [9.17, 15) is 10.1 Å². The van der Waals surface area contributed by atoms with Crippen molar-refractivity contribution in [1.29, 1.82) is 0 Å². The van der Waals surface area contributed by atoms with Crippen molar-refractivity contribution in [3.8, 4) is 0 Å². The quantitative estimate of drug-likeness (QED) is 0.505. The highest BCUT2D eigenvalue weighted by Gasteiger charge is 2.13. The summed E-state index contributed by atoms with van der Waals surface area (Å²) in [4.78, 5) is 14.6. The van der Waals surface area contributed by atoms with Crippen molar-refractivity contribution in [2.75, 3.05) is 6.54 Å². The molecule has 0 saturated carbocycles. The number of hydrogen-bond donors (Lipinski definition) is 1. The number of nitrogens with zero attached hydrogens (tertiary/aromatic N) is 2. The third kappa shape index (κ3) is 4.01. The molecule has 0 bridgehead atoms. The van der Waals surface area contributed by atoms with Crippen molar-refractivity contribution in [3.05, 3.63) is 69.0 Å². The lowest BCUT2D eigenvalue weighted by atomic mass is 10.1. The van der Waals surface area contributed by atoms with Gasteiger partial charge in [0.25, 0.3) is 5.69 Å². The summed E-state index contributed by atoms with van der Waals surface area (Å²) in [6.45, 7) is 1.13. The Labute approximate surface area is 121 Å². The maximum atomic E-state index is 10.9. The molecule has 20 heavy (non-hydrogen) atoms. The number of nitro benzene ring substituents is 1. The Hall–Kier alpha value is -1.98. The van der Waals surface area contributed by atoms with E-state index in [2.05, 4.69) is 10.3 Å². The van der Waals surface area contributed by atoms with Crippen LogP contribution in [-0.4, -0.2) is 16.5 Å². The molecular formula is C14H14ClN3O2. The standard InChI is InChI=1S/C14H14ClN3O2/c15-13-3-4-14(18(19)20)12(8-13)10-17-7-5-11-2-1-6-16-9-11/h1-4,6,8-9,17H,5,7,10H2. The topological polar surface area (TPSA) is 68.1 Å². The van der Waals surface area contributed by atoms with Gasteiger partial charge in [-0.2, -0.15) is 0 Å². The smallest absolute Gasteiger partial charge is 0.273 e. The van der Waals surface area contributed by atoms with E-state index < -0.39 is 4.92 Å². The predicted molar refractivity (Wildman–Crippen MR) is 77.8 cm³/mol. The third-order valence-electron chi connectivity index (χ3n) is 2.87. The van der Waals surface area contributed by atoms with E-state index in [4.69, 9.17) is 11.6 Å². The summed E-state index contributed by atoms with van der Waals surface area (Å²) < 4.78 is 0. The first kappa shape index (κ1) is 14.4. The number of nitrogens with one attached hydrogen (secondary N) is 1. The van der Waals surface area contributed by atoms with Gasteiger partial charge in [-0.15, -0.1) is 0 Å². The van der Waals surface area contributed by atoms with Gasteiger partial charge in [0.05, 0.1) is 4.92 Å². The van der Waals surface area contributed by atoms with E-state index in [1.807, 2.05) is 18.3 Å². The molecule has 0 aliphatic carbocycles. The summed E-state index contributed by atoms with van der Waals surface area (Å²) >= 11 is 5.87. The van der Waals surface area contributed by atoms with Crippen molar-refractivity contribution in [2.24, 2.45) is 0 Å². The van der Waals surface area contributed by atoms with E-state index in [0.29, 0.717) is 17.1 Å². The van der Waals surface area contributed by atoms with Crippen LogP contribution < -0.4 is 5.32 Å². The lowest BCUT2D eigenvalue weighted by Crippen LogP contribution is -2.17. The zero-order valence-electron chi connectivity index (χ0n) is 10.8. The first-order chi connectivity index (χ1) is 9.66. The first-order valence-corrected chi connectivity index (χ1v) is 6.57. The molecule has 0 atom stereocenters. The Morgan fingerprint density at radius 3 is 2.90 bits per heavy atom. The molecule has 0 saturated heterocycles. The van der Waals surface area contributed by atoms with Gasteiger partial charge in [0.15, 0.2) is 0 Å². The summed E-state index contributed by atoms with van der Waals surface area (Å²) in [5, 5.41) is 14.6. The molecule has 0 fully saturated rings. The van der Waals surface area contributed by atoms with Crippen molar-refractivity contribution >= 4 is 17.3 Å². The molecule has 1 heterocycles. The predicted octanol–water partition coefficient (Wildman–Crippen LogP) is 2.98. The second kappa shape index (κ2) is 6.98. The summed E-state index contributed by atoms with van der Waals surface area (Å²) in [6.07, 6.45) is 4.36. The maximum Gasteiger partial charge on any atom is 0.273 e. The van der Waals surface area contributed by atoms with Gasteiger partial charge in [0.2, 0.25) is 0 Å². The fourth-order valence-corrected chi connectivity index (χ4v) is 2.07. The molecule has 0 aliphatic rings. The number of nitro groups is 1. The van der Waals surface area contributed by atoms with E-state index in [1.54, 1.807) is 12.3 Å². The van der Waals surface area contributed by atoms with E-state index in [-0.39, 0.29) is 5.69 Å². The number of aromatic nitrogens is 1. The molecule has 5 nitrogen and oxygen atoms in total. The van der Waals surface area contributed by atoms with Crippen LogP contribution in [0, 0.1) is 10.1 Å². The second-order valence-electron chi connectivity index (χ2n) is 4.32. The molecule has 104 valence electrons. The molecule has 2 rings (SSSR count). The normalized spacial score (nSPS) is 10.4. The molecule has 0 unspecified atom stereocenters. The van der Waals surface area contributed by atoms with Crippen molar-refractivity contribution in [1.82, 2.24) is 10.3 Å². The SMILES string of the molecule is O=[N+]([O-])c1ccc(Cl)cc1CNCCc1cccnc1. The van der Waals surface area contributed by atoms with Crippen LogP contribution in [0.1, 0.15) is 11.1 Å². The lowest BCUT2D eigenvalue weighted by molar-refractivity contribution is -0.385. The van der Waals surface area contributed by atoms with Gasteiger partial charge in [0.1, 0.15) is 0 Å². The van der Waals surface area contributed by atoms with Gasteiger partial charge in [-0.25, -0.2) is 0 Å². The molecule has 1 aromatic heterocycles. The maximum absolute atomic E-state index is 10.9. The zero-order valence-corrected chi connectivity index (χ0v) is 11.5. The number of pyridine rings is 1. The minimum atomic E-state index is -0.394. The summed E-state index contributed by atoms with van der Waals surface area (Å²) in [6, 6.07) is 8.46. The Balaban J connectivity index is 1.91. The average molecular weight is 292 g/mol. The van der Waals surface area contributed by atoms with Crippen molar-refractivity contribution in [2.45, 2.75) is 13.0 Å². The second-order valence-corrected chi connectivity index (χ2v) is 4.75. The molecule has 2 aromatic rings. The molecule has 0 aliphatic heterocycles. The Kier molecular flexibility index (Phi) is 5.03. The highest BCUT2D eigenvalue weighted by Crippen LogP contribution is 2.22. The van der Waals surface area contributed by atoms with Gasteiger partial charge in [-0.05, 0) is 36.7 Å². The van der Waals surface area contributed by atoms with Crippen molar-refractivity contribution < 1.29 is 4.92 Å². The van der Waals surface area contributed by atoms with Crippen molar-refractivity contribution in [3.63, 3.8) is 0 Å². The first-order valence-electron chi connectivity index (χ1n) is 6.19. The zero-order chi connectivity index (χ0) is 14.4. The minimum Gasteiger partial charge on any atom is -0.312 e. The van der Waals surface area contributed by atoms with Crippen LogP contribution in [0.4, 0.5) is 5.69 Å². The van der Waals surface area contributed by atoms with Crippen LogP contribution in [0.25, 0.3) is 0 Å². The Morgan fingerprint density at radius 1 is 1.35 bits per heavy atom. The molecule has 1 N–H and O–H groups in total. The Morgan fingerprint density at radius 2 is 2.20 bits per heavy atom. The fourth-order valence-electron chi connectivity index (χ4n) is 1.88. The van der Waals surface area contributed by atoms with Gasteiger partial charge < -0.3 is 5.32 Å².